The third kappa shape index (κ3) is 5.76. The molecule has 0 N–H and O–H groups in total. The second-order valence-corrected chi connectivity index (χ2v) is 13.3. The van der Waals surface area contributed by atoms with Gasteiger partial charge in [-0.3, -0.25) is 0 Å². The Morgan fingerprint density at radius 2 is 1.81 bits per heavy atom. The lowest BCUT2D eigenvalue weighted by Crippen LogP contribution is -2.53. The van der Waals surface area contributed by atoms with Crippen LogP contribution in [-0.4, -0.2) is 38.4 Å². The van der Waals surface area contributed by atoms with Crippen LogP contribution in [0.1, 0.15) is 64.5 Å². The fourth-order valence-corrected chi connectivity index (χ4v) is 7.40. The maximum Gasteiger partial charge on any atom is 0.330 e. The second kappa shape index (κ2) is 10.5. The summed E-state index contributed by atoms with van der Waals surface area (Å²) in [6, 6.07) is 17.8. The van der Waals surface area contributed by atoms with Crippen LogP contribution in [0.15, 0.2) is 71.1 Å². The summed E-state index contributed by atoms with van der Waals surface area (Å²) in [4.78, 5) is 12.4. The molecule has 2 aromatic carbocycles. The number of sulfonamides is 1. The van der Waals surface area contributed by atoms with E-state index < -0.39 is 10.0 Å². The summed E-state index contributed by atoms with van der Waals surface area (Å²) in [5.74, 6) is 0.0450. The predicted molar refractivity (Wildman–Crippen MR) is 143 cm³/mol. The zero-order valence-electron chi connectivity index (χ0n) is 22.0. The molecule has 1 saturated carbocycles. The van der Waals surface area contributed by atoms with Crippen molar-refractivity contribution in [2.75, 3.05) is 19.7 Å². The van der Waals surface area contributed by atoms with E-state index in [1.807, 2.05) is 37.3 Å². The number of ether oxygens (including phenoxy) is 1. The van der Waals surface area contributed by atoms with Crippen molar-refractivity contribution in [2.45, 2.75) is 70.1 Å². The molecule has 194 valence electrons. The Morgan fingerprint density at radius 1 is 1.11 bits per heavy atom. The van der Waals surface area contributed by atoms with E-state index >= 15 is 0 Å². The second-order valence-electron chi connectivity index (χ2n) is 11.4. The molecule has 2 atom stereocenters. The summed E-state index contributed by atoms with van der Waals surface area (Å²) in [6.07, 6.45) is 5.74. The summed E-state index contributed by atoms with van der Waals surface area (Å²) >= 11 is 0. The number of carbonyl (C=O) groups excluding carboxylic acids is 1. The SMILES string of the molecule is CCOC(=O)C=C1CCC2(Cc3ccccc3)CN(S(=O)(=O)c3ccc(C(C)(C)C)cc3)CCC2C1. The highest BCUT2D eigenvalue weighted by molar-refractivity contribution is 7.89. The number of fused-ring (bicyclic) bond motifs is 1. The van der Waals surface area contributed by atoms with Gasteiger partial charge in [-0.2, -0.15) is 4.31 Å². The summed E-state index contributed by atoms with van der Waals surface area (Å²) in [5, 5.41) is 0. The molecule has 36 heavy (non-hydrogen) atoms. The summed E-state index contributed by atoms with van der Waals surface area (Å²) in [5.41, 5.74) is 3.28. The lowest BCUT2D eigenvalue weighted by molar-refractivity contribution is -0.137. The number of esters is 1. The number of hydrogen-bond acceptors (Lipinski definition) is 4. The molecule has 6 heteroatoms. The molecule has 0 bridgehead atoms. The van der Waals surface area contributed by atoms with Crippen molar-refractivity contribution in [3.05, 3.63) is 77.4 Å². The van der Waals surface area contributed by atoms with Gasteiger partial charge < -0.3 is 4.74 Å². The molecular weight excluding hydrogens is 470 g/mol. The summed E-state index contributed by atoms with van der Waals surface area (Å²) < 4.78 is 34.4. The van der Waals surface area contributed by atoms with Crippen LogP contribution in [0, 0.1) is 11.3 Å². The van der Waals surface area contributed by atoms with Crippen molar-refractivity contribution in [3.8, 4) is 0 Å². The molecule has 0 radical (unpaired) electrons. The van der Waals surface area contributed by atoms with Crippen LogP contribution in [0.5, 0.6) is 0 Å². The Balaban J connectivity index is 1.61. The zero-order valence-corrected chi connectivity index (χ0v) is 22.8. The summed E-state index contributed by atoms with van der Waals surface area (Å²) in [6.45, 7) is 9.56. The van der Waals surface area contributed by atoms with Crippen molar-refractivity contribution >= 4 is 16.0 Å². The van der Waals surface area contributed by atoms with E-state index in [2.05, 4.69) is 32.9 Å². The average molecular weight is 510 g/mol. The molecule has 1 heterocycles. The van der Waals surface area contributed by atoms with E-state index in [4.69, 9.17) is 4.74 Å². The van der Waals surface area contributed by atoms with Gasteiger partial charge in [-0.1, -0.05) is 68.8 Å². The molecule has 0 amide bonds. The highest BCUT2D eigenvalue weighted by atomic mass is 32.2. The van der Waals surface area contributed by atoms with E-state index in [1.165, 1.54) is 5.56 Å². The van der Waals surface area contributed by atoms with Crippen LogP contribution >= 0.6 is 0 Å². The monoisotopic (exact) mass is 509 g/mol. The highest BCUT2D eigenvalue weighted by Crippen LogP contribution is 2.51. The molecule has 2 unspecified atom stereocenters. The molecular formula is C30H39NO4S. The zero-order chi connectivity index (χ0) is 26.0. The van der Waals surface area contributed by atoms with Crippen molar-refractivity contribution in [1.29, 1.82) is 0 Å². The molecule has 0 spiro atoms. The molecule has 2 aromatic rings. The van der Waals surface area contributed by atoms with Gasteiger partial charge in [0, 0.05) is 19.2 Å². The third-order valence-corrected chi connectivity index (χ3v) is 9.76. The Bertz CT molecular complexity index is 1200. The van der Waals surface area contributed by atoms with Crippen molar-refractivity contribution < 1.29 is 17.9 Å². The molecule has 2 aliphatic rings. The minimum absolute atomic E-state index is 0.0305. The van der Waals surface area contributed by atoms with E-state index in [1.54, 1.807) is 22.5 Å². The van der Waals surface area contributed by atoms with E-state index in [9.17, 15) is 13.2 Å². The van der Waals surface area contributed by atoms with Gasteiger partial charge in [0.05, 0.1) is 11.5 Å². The van der Waals surface area contributed by atoms with Crippen molar-refractivity contribution in [3.63, 3.8) is 0 Å². The van der Waals surface area contributed by atoms with E-state index in [0.29, 0.717) is 30.5 Å². The van der Waals surface area contributed by atoms with Gasteiger partial charge in [-0.25, -0.2) is 13.2 Å². The number of hydrogen-bond donors (Lipinski definition) is 0. The molecule has 0 aromatic heterocycles. The number of benzene rings is 2. The molecule has 1 saturated heterocycles. The topological polar surface area (TPSA) is 63.7 Å². The first-order valence-corrected chi connectivity index (χ1v) is 14.5. The largest absolute Gasteiger partial charge is 0.463 e. The van der Waals surface area contributed by atoms with Crippen LogP contribution < -0.4 is 0 Å². The first kappa shape index (κ1) is 26.6. The minimum Gasteiger partial charge on any atom is -0.463 e. The van der Waals surface area contributed by atoms with Crippen LogP contribution in [0.2, 0.25) is 0 Å². The van der Waals surface area contributed by atoms with E-state index in [0.717, 1.165) is 43.2 Å². The van der Waals surface area contributed by atoms with Crippen LogP contribution in [0.4, 0.5) is 0 Å². The maximum atomic E-state index is 13.8. The minimum atomic E-state index is -3.60. The van der Waals surface area contributed by atoms with Gasteiger partial charge in [0.15, 0.2) is 0 Å². The number of rotatable bonds is 6. The van der Waals surface area contributed by atoms with Crippen LogP contribution in [0.25, 0.3) is 0 Å². The Hall–Kier alpha value is -2.44. The highest BCUT2D eigenvalue weighted by Gasteiger charge is 2.48. The van der Waals surface area contributed by atoms with Crippen LogP contribution in [-0.2, 0) is 31.4 Å². The van der Waals surface area contributed by atoms with Gasteiger partial charge in [-0.15, -0.1) is 0 Å². The molecule has 2 fully saturated rings. The molecule has 1 aliphatic heterocycles. The smallest absolute Gasteiger partial charge is 0.330 e. The Kier molecular flexibility index (Phi) is 7.77. The van der Waals surface area contributed by atoms with E-state index in [-0.39, 0.29) is 16.8 Å². The van der Waals surface area contributed by atoms with Gasteiger partial charge in [0.25, 0.3) is 0 Å². The average Bonchev–Trinajstić information content (AvgIpc) is 2.84. The third-order valence-electron chi connectivity index (χ3n) is 7.90. The standard InChI is InChI=1S/C30H39NO4S/c1-5-35-28(32)20-24-15-17-30(21-23-9-7-6-8-10-23)22-31(18-16-26(30)19-24)36(33,34)27-13-11-25(12-14-27)29(2,3)4/h6-14,20,26H,5,15-19,21-22H2,1-4H3. The van der Waals surface area contributed by atoms with Gasteiger partial charge in [0.1, 0.15) is 0 Å². The maximum absolute atomic E-state index is 13.8. The van der Waals surface area contributed by atoms with Gasteiger partial charge >= 0.3 is 5.97 Å². The van der Waals surface area contributed by atoms with Gasteiger partial charge in [0.2, 0.25) is 10.0 Å². The van der Waals surface area contributed by atoms with Crippen LogP contribution in [0.3, 0.4) is 0 Å². The van der Waals surface area contributed by atoms with Gasteiger partial charge in [-0.05, 0) is 79.0 Å². The van der Waals surface area contributed by atoms with Crippen molar-refractivity contribution in [2.24, 2.45) is 11.3 Å². The quantitative estimate of drug-likeness (QED) is 0.359. The molecule has 1 aliphatic carbocycles. The fraction of sp³-hybridized carbons (Fsp3) is 0.500. The number of allylic oxidation sites excluding steroid dienone is 1. The first-order chi connectivity index (χ1) is 17.0. The predicted octanol–water partition coefficient (Wildman–Crippen LogP) is 5.90. The Labute approximate surface area is 216 Å². The normalized spacial score (nSPS) is 24.3. The number of carbonyl (C=O) groups is 1. The Morgan fingerprint density at radius 3 is 2.44 bits per heavy atom. The molecule has 4 rings (SSSR count). The number of piperidine rings is 1. The van der Waals surface area contributed by atoms with Crippen molar-refractivity contribution in [1.82, 2.24) is 4.31 Å². The number of nitrogens with zero attached hydrogens (tertiary/aromatic N) is 1. The fourth-order valence-electron chi connectivity index (χ4n) is 5.85. The lowest BCUT2D eigenvalue weighted by Gasteiger charge is -2.51. The first-order valence-electron chi connectivity index (χ1n) is 13.0. The molecule has 5 nitrogen and oxygen atoms in total. The summed E-state index contributed by atoms with van der Waals surface area (Å²) in [7, 11) is -3.60. The lowest BCUT2D eigenvalue weighted by atomic mass is 9.59.